The molecule has 1 amide bonds. The number of nitrogens with zero attached hydrogens (tertiary/aromatic N) is 1. The molecule has 2 N–H and O–H groups in total. The minimum atomic E-state index is -0.226. The van der Waals surface area contributed by atoms with Crippen molar-refractivity contribution in [2.45, 2.75) is 6.92 Å². The number of amides is 1. The van der Waals surface area contributed by atoms with Crippen LogP contribution in [0.1, 0.15) is 5.56 Å². The molecule has 5 nitrogen and oxygen atoms in total. The number of thioether (sulfide) groups is 1. The van der Waals surface area contributed by atoms with E-state index in [2.05, 4.69) is 15.5 Å². The van der Waals surface area contributed by atoms with Crippen LogP contribution in [0.15, 0.2) is 35.1 Å². The van der Waals surface area contributed by atoms with Crippen LogP contribution in [0, 0.1) is 6.92 Å². The van der Waals surface area contributed by atoms with Crippen LogP contribution in [0.25, 0.3) is 11.3 Å². The SMILES string of the molecule is Cc1cc(=O)[nH]nc1-c1ccc(NC(=O)SCCCl)cc1. The van der Waals surface area contributed by atoms with Gasteiger partial charge in [-0.2, -0.15) is 5.10 Å². The number of carbonyl (C=O) groups is 1. The smallest absolute Gasteiger partial charge is 0.283 e. The van der Waals surface area contributed by atoms with Gasteiger partial charge in [-0.1, -0.05) is 23.9 Å². The molecule has 0 saturated heterocycles. The summed E-state index contributed by atoms with van der Waals surface area (Å²) in [6, 6.07) is 8.77. The number of H-pyrrole nitrogens is 1. The fourth-order valence-corrected chi connectivity index (χ4v) is 2.47. The standard InChI is InChI=1S/C14H14ClN3O2S/c1-9-8-12(19)17-18-13(9)10-2-4-11(5-3-10)16-14(20)21-7-6-15/h2-5,8H,6-7H2,1H3,(H,16,20)(H,17,19). The zero-order valence-electron chi connectivity index (χ0n) is 11.4. The van der Waals surface area contributed by atoms with Gasteiger partial charge in [0.15, 0.2) is 0 Å². The van der Waals surface area contributed by atoms with Gasteiger partial charge in [-0.05, 0) is 24.6 Å². The second kappa shape index (κ2) is 7.28. The molecule has 0 unspecified atom stereocenters. The van der Waals surface area contributed by atoms with Crippen molar-refractivity contribution in [1.82, 2.24) is 10.2 Å². The number of carbonyl (C=O) groups excluding carboxylic acids is 1. The number of alkyl halides is 1. The van der Waals surface area contributed by atoms with E-state index in [1.807, 2.05) is 19.1 Å². The molecule has 0 aliphatic carbocycles. The summed E-state index contributed by atoms with van der Waals surface area (Å²) in [5.41, 5.74) is 2.86. The summed E-state index contributed by atoms with van der Waals surface area (Å²) in [5, 5.41) is 9.08. The van der Waals surface area contributed by atoms with Gasteiger partial charge >= 0.3 is 0 Å². The second-order valence-corrected chi connectivity index (χ2v) is 5.74. The Labute approximate surface area is 131 Å². The molecule has 1 heterocycles. The topological polar surface area (TPSA) is 74.8 Å². The average molecular weight is 324 g/mol. The molecular formula is C14H14ClN3O2S. The third kappa shape index (κ3) is 4.34. The van der Waals surface area contributed by atoms with Crippen molar-refractivity contribution in [2.24, 2.45) is 0 Å². The largest absolute Gasteiger partial charge is 0.317 e. The lowest BCUT2D eigenvalue weighted by molar-refractivity contribution is 0.270. The highest BCUT2D eigenvalue weighted by molar-refractivity contribution is 8.13. The van der Waals surface area contributed by atoms with Crippen LogP contribution in [0.2, 0.25) is 0 Å². The first kappa shape index (κ1) is 15.6. The lowest BCUT2D eigenvalue weighted by Crippen LogP contribution is -2.08. The molecule has 0 aliphatic rings. The van der Waals surface area contributed by atoms with Crippen LogP contribution in [0.4, 0.5) is 10.5 Å². The normalized spacial score (nSPS) is 10.4. The van der Waals surface area contributed by atoms with E-state index >= 15 is 0 Å². The molecule has 1 aromatic heterocycles. The van der Waals surface area contributed by atoms with Crippen molar-refractivity contribution in [3.8, 4) is 11.3 Å². The Morgan fingerprint density at radius 2 is 2.10 bits per heavy atom. The van der Waals surface area contributed by atoms with E-state index in [1.165, 1.54) is 6.07 Å². The first-order chi connectivity index (χ1) is 10.1. The fraction of sp³-hybridized carbons (Fsp3) is 0.214. The van der Waals surface area contributed by atoms with Crippen molar-refractivity contribution in [2.75, 3.05) is 16.9 Å². The van der Waals surface area contributed by atoms with Gasteiger partial charge in [0.2, 0.25) is 0 Å². The van der Waals surface area contributed by atoms with Gasteiger partial charge in [0.1, 0.15) is 0 Å². The Balaban J connectivity index is 2.11. The lowest BCUT2D eigenvalue weighted by atomic mass is 10.1. The van der Waals surface area contributed by atoms with E-state index < -0.39 is 0 Å². The summed E-state index contributed by atoms with van der Waals surface area (Å²) in [6.45, 7) is 1.83. The van der Waals surface area contributed by atoms with Gasteiger partial charge in [0.25, 0.3) is 10.8 Å². The number of aromatic amines is 1. The van der Waals surface area contributed by atoms with E-state index in [-0.39, 0.29) is 10.8 Å². The maximum atomic E-state index is 11.6. The van der Waals surface area contributed by atoms with Crippen molar-refractivity contribution in [1.29, 1.82) is 0 Å². The molecule has 0 spiro atoms. The van der Waals surface area contributed by atoms with Crippen LogP contribution in [-0.2, 0) is 0 Å². The Bertz CT molecular complexity index is 685. The van der Waals surface area contributed by atoms with Crippen LogP contribution in [0.3, 0.4) is 0 Å². The molecule has 2 rings (SSSR count). The minimum Gasteiger partial charge on any atom is -0.317 e. The molecule has 0 aliphatic heterocycles. The Morgan fingerprint density at radius 1 is 1.38 bits per heavy atom. The number of anilines is 1. The molecule has 21 heavy (non-hydrogen) atoms. The third-order valence-corrected chi connectivity index (χ3v) is 3.90. The first-order valence-electron chi connectivity index (χ1n) is 6.26. The number of aryl methyl sites for hydroxylation is 1. The number of aromatic nitrogens is 2. The van der Waals surface area contributed by atoms with E-state index in [0.717, 1.165) is 22.9 Å². The molecule has 0 saturated carbocycles. The van der Waals surface area contributed by atoms with Crippen molar-refractivity contribution < 1.29 is 4.79 Å². The molecule has 0 radical (unpaired) electrons. The highest BCUT2D eigenvalue weighted by atomic mass is 35.5. The van der Waals surface area contributed by atoms with Gasteiger partial charge < -0.3 is 5.32 Å². The Hall–Kier alpha value is -1.79. The molecule has 110 valence electrons. The predicted octanol–water partition coefficient (Wildman–Crippen LogP) is 3.25. The van der Waals surface area contributed by atoms with E-state index in [1.54, 1.807) is 12.1 Å². The zero-order valence-corrected chi connectivity index (χ0v) is 12.9. The molecule has 0 fully saturated rings. The highest BCUT2D eigenvalue weighted by Crippen LogP contribution is 2.21. The van der Waals surface area contributed by atoms with E-state index in [9.17, 15) is 9.59 Å². The second-order valence-electron chi connectivity index (χ2n) is 4.29. The highest BCUT2D eigenvalue weighted by Gasteiger charge is 2.06. The number of benzene rings is 1. The van der Waals surface area contributed by atoms with Gasteiger partial charge in [-0.3, -0.25) is 9.59 Å². The van der Waals surface area contributed by atoms with Gasteiger partial charge in [0.05, 0.1) is 5.69 Å². The van der Waals surface area contributed by atoms with Crippen LogP contribution in [-0.4, -0.2) is 27.1 Å². The number of nitrogens with one attached hydrogen (secondary N) is 2. The molecule has 2 aromatic rings. The molecular weight excluding hydrogens is 310 g/mol. The Morgan fingerprint density at radius 3 is 2.71 bits per heavy atom. The predicted molar refractivity (Wildman–Crippen MR) is 87.2 cm³/mol. The van der Waals surface area contributed by atoms with Gasteiger partial charge in [-0.25, -0.2) is 5.10 Å². The summed E-state index contributed by atoms with van der Waals surface area (Å²) in [7, 11) is 0. The zero-order chi connectivity index (χ0) is 15.2. The van der Waals surface area contributed by atoms with Crippen LogP contribution >= 0.6 is 23.4 Å². The summed E-state index contributed by atoms with van der Waals surface area (Å²) in [6.07, 6.45) is 0. The summed E-state index contributed by atoms with van der Waals surface area (Å²) in [4.78, 5) is 22.7. The number of rotatable bonds is 4. The molecule has 0 atom stereocenters. The molecule has 7 heteroatoms. The van der Waals surface area contributed by atoms with Crippen molar-refractivity contribution in [3.05, 3.63) is 46.2 Å². The first-order valence-corrected chi connectivity index (χ1v) is 7.78. The van der Waals surface area contributed by atoms with Crippen LogP contribution < -0.4 is 10.9 Å². The third-order valence-electron chi connectivity index (χ3n) is 2.71. The van der Waals surface area contributed by atoms with E-state index in [0.29, 0.717) is 23.0 Å². The maximum Gasteiger partial charge on any atom is 0.283 e. The van der Waals surface area contributed by atoms with E-state index in [4.69, 9.17) is 11.6 Å². The van der Waals surface area contributed by atoms with Gasteiger partial charge in [0, 0.05) is 29.0 Å². The molecule has 1 aromatic carbocycles. The minimum absolute atomic E-state index is 0.137. The van der Waals surface area contributed by atoms with Crippen molar-refractivity contribution in [3.63, 3.8) is 0 Å². The summed E-state index contributed by atoms with van der Waals surface area (Å²) < 4.78 is 0. The number of hydrogen-bond acceptors (Lipinski definition) is 4. The monoisotopic (exact) mass is 323 g/mol. The summed E-state index contributed by atoms with van der Waals surface area (Å²) in [5.74, 6) is 1.01. The Kier molecular flexibility index (Phi) is 5.41. The number of halogens is 1. The number of hydrogen-bond donors (Lipinski definition) is 2. The average Bonchev–Trinajstić information content (AvgIpc) is 2.46. The quantitative estimate of drug-likeness (QED) is 0.847. The lowest BCUT2D eigenvalue weighted by Gasteiger charge is -2.07. The fourth-order valence-electron chi connectivity index (χ4n) is 1.79. The summed E-state index contributed by atoms with van der Waals surface area (Å²) >= 11 is 6.67. The molecule has 0 bridgehead atoms. The maximum absolute atomic E-state index is 11.6. The van der Waals surface area contributed by atoms with Gasteiger partial charge in [-0.15, -0.1) is 11.6 Å². The van der Waals surface area contributed by atoms with Crippen molar-refractivity contribution >= 4 is 34.3 Å². The van der Waals surface area contributed by atoms with Crippen LogP contribution in [0.5, 0.6) is 0 Å².